The molecule has 0 saturated heterocycles. The summed E-state index contributed by atoms with van der Waals surface area (Å²) in [5.74, 6) is -0.197. The molecule has 0 aromatic carbocycles. The van der Waals surface area contributed by atoms with Gasteiger partial charge in [0, 0.05) is 19.7 Å². The smallest absolute Gasteiger partial charge is 0.337 e. The first kappa shape index (κ1) is 12.5. The van der Waals surface area contributed by atoms with E-state index in [1.165, 1.54) is 6.20 Å². The maximum atomic E-state index is 10.8. The van der Waals surface area contributed by atoms with E-state index >= 15 is 0 Å². The van der Waals surface area contributed by atoms with E-state index in [2.05, 4.69) is 15.0 Å². The first-order valence-electron chi connectivity index (χ1n) is 5.71. The zero-order valence-electron chi connectivity index (χ0n) is 10.3. The summed E-state index contributed by atoms with van der Waals surface area (Å²) in [7, 11) is 1.67. The zero-order valence-corrected chi connectivity index (χ0v) is 10.3. The second kappa shape index (κ2) is 5.14. The highest BCUT2D eigenvalue weighted by Gasteiger charge is 2.09. The molecule has 0 radical (unpaired) electrons. The number of hydrogen-bond donors (Lipinski definition) is 2. The van der Waals surface area contributed by atoms with Gasteiger partial charge in [0.2, 0.25) is 0 Å². The first-order chi connectivity index (χ1) is 8.60. The number of aryl methyl sites for hydroxylation is 1. The number of fused-ring (bicyclic) bond motifs is 1. The van der Waals surface area contributed by atoms with Crippen molar-refractivity contribution in [2.75, 3.05) is 7.11 Å². The number of nitrogens with zero attached hydrogens (tertiary/aromatic N) is 2. The summed E-state index contributed by atoms with van der Waals surface area (Å²) in [5, 5.41) is 8.87. The molecular formula is C12H15N3O3. The van der Waals surface area contributed by atoms with E-state index in [-0.39, 0.29) is 11.7 Å². The van der Waals surface area contributed by atoms with Crippen LogP contribution >= 0.6 is 0 Å². The van der Waals surface area contributed by atoms with E-state index in [0.717, 1.165) is 18.7 Å². The second-order valence-electron chi connectivity index (χ2n) is 4.17. The van der Waals surface area contributed by atoms with Crippen LogP contribution in [0.25, 0.3) is 11.2 Å². The molecule has 2 heterocycles. The van der Waals surface area contributed by atoms with E-state index in [9.17, 15) is 4.79 Å². The minimum Gasteiger partial charge on any atom is -0.478 e. The van der Waals surface area contributed by atoms with E-state index in [4.69, 9.17) is 9.84 Å². The molecule has 6 heteroatoms. The number of carboxylic acids is 1. The number of carbonyl (C=O) groups is 1. The molecule has 1 atom stereocenters. The Morgan fingerprint density at radius 1 is 1.61 bits per heavy atom. The van der Waals surface area contributed by atoms with Gasteiger partial charge in [-0.15, -0.1) is 0 Å². The predicted molar refractivity (Wildman–Crippen MR) is 65.6 cm³/mol. The van der Waals surface area contributed by atoms with Crippen molar-refractivity contribution in [3.05, 3.63) is 23.7 Å². The summed E-state index contributed by atoms with van der Waals surface area (Å²) in [6.45, 7) is 1.99. The lowest BCUT2D eigenvalue weighted by atomic mass is 10.2. The maximum Gasteiger partial charge on any atom is 0.337 e. The summed E-state index contributed by atoms with van der Waals surface area (Å²) >= 11 is 0. The highest BCUT2D eigenvalue weighted by atomic mass is 16.5. The highest BCUT2D eigenvalue weighted by Crippen LogP contribution is 2.12. The van der Waals surface area contributed by atoms with Crippen LogP contribution in [0.5, 0.6) is 0 Å². The van der Waals surface area contributed by atoms with Crippen LogP contribution in [0.1, 0.15) is 29.5 Å². The molecule has 96 valence electrons. The third-order valence-electron chi connectivity index (χ3n) is 2.82. The van der Waals surface area contributed by atoms with E-state index in [1.807, 2.05) is 6.92 Å². The third-order valence-corrected chi connectivity index (χ3v) is 2.82. The molecule has 0 bridgehead atoms. The lowest BCUT2D eigenvalue weighted by molar-refractivity contribution is 0.0696. The van der Waals surface area contributed by atoms with Crippen molar-refractivity contribution >= 4 is 17.1 Å². The van der Waals surface area contributed by atoms with Gasteiger partial charge in [-0.3, -0.25) is 0 Å². The Labute approximate surface area is 104 Å². The summed E-state index contributed by atoms with van der Waals surface area (Å²) in [6, 6.07) is 1.54. The van der Waals surface area contributed by atoms with E-state index < -0.39 is 5.97 Å². The Morgan fingerprint density at radius 3 is 3.06 bits per heavy atom. The number of aromatic carboxylic acids is 1. The Balaban J connectivity index is 2.19. The third kappa shape index (κ3) is 2.65. The van der Waals surface area contributed by atoms with Crippen molar-refractivity contribution in [3.8, 4) is 0 Å². The molecule has 0 aliphatic carbocycles. The van der Waals surface area contributed by atoms with Gasteiger partial charge in [-0.05, 0) is 19.4 Å². The second-order valence-corrected chi connectivity index (χ2v) is 4.17. The number of methoxy groups -OCH3 is 1. The van der Waals surface area contributed by atoms with Crippen molar-refractivity contribution in [1.29, 1.82) is 0 Å². The fourth-order valence-electron chi connectivity index (χ4n) is 1.64. The number of ether oxygens (including phenoxy) is 1. The van der Waals surface area contributed by atoms with Gasteiger partial charge < -0.3 is 14.8 Å². The zero-order chi connectivity index (χ0) is 13.1. The molecule has 0 aliphatic rings. The Bertz CT molecular complexity index is 565. The van der Waals surface area contributed by atoms with Crippen molar-refractivity contribution in [2.24, 2.45) is 0 Å². The van der Waals surface area contributed by atoms with Crippen LogP contribution in [0.4, 0.5) is 0 Å². The Kier molecular flexibility index (Phi) is 3.57. The summed E-state index contributed by atoms with van der Waals surface area (Å²) < 4.78 is 5.16. The molecule has 2 N–H and O–H groups in total. The van der Waals surface area contributed by atoms with Crippen LogP contribution in [0.2, 0.25) is 0 Å². The molecule has 0 spiro atoms. The average Bonchev–Trinajstić information content (AvgIpc) is 2.77. The molecule has 18 heavy (non-hydrogen) atoms. The molecule has 0 fully saturated rings. The first-order valence-corrected chi connectivity index (χ1v) is 5.71. The minimum atomic E-state index is -0.992. The lowest BCUT2D eigenvalue weighted by Gasteiger charge is -2.06. The molecule has 2 aromatic rings. The molecule has 6 nitrogen and oxygen atoms in total. The Hall–Kier alpha value is -1.95. The molecule has 2 rings (SSSR count). The van der Waals surface area contributed by atoms with Gasteiger partial charge in [0.15, 0.2) is 5.65 Å². The van der Waals surface area contributed by atoms with Gasteiger partial charge in [-0.25, -0.2) is 14.8 Å². The van der Waals surface area contributed by atoms with Gasteiger partial charge in [0.1, 0.15) is 5.82 Å². The van der Waals surface area contributed by atoms with Gasteiger partial charge in [0.05, 0.1) is 17.2 Å². The van der Waals surface area contributed by atoms with Crippen LogP contribution in [0.3, 0.4) is 0 Å². The number of pyridine rings is 1. The molecule has 1 unspecified atom stereocenters. The van der Waals surface area contributed by atoms with Crippen LogP contribution in [-0.2, 0) is 11.2 Å². The van der Waals surface area contributed by atoms with E-state index in [0.29, 0.717) is 11.2 Å². The summed E-state index contributed by atoms with van der Waals surface area (Å²) in [4.78, 5) is 22.2. The van der Waals surface area contributed by atoms with Crippen molar-refractivity contribution in [1.82, 2.24) is 15.0 Å². The van der Waals surface area contributed by atoms with Crippen LogP contribution < -0.4 is 0 Å². The van der Waals surface area contributed by atoms with Crippen molar-refractivity contribution < 1.29 is 14.6 Å². The summed E-state index contributed by atoms with van der Waals surface area (Å²) in [5.41, 5.74) is 1.35. The normalized spacial score (nSPS) is 12.8. The van der Waals surface area contributed by atoms with Crippen molar-refractivity contribution in [2.45, 2.75) is 25.9 Å². The van der Waals surface area contributed by atoms with Gasteiger partial charge >= 0.3 is 5.97 Å². The summed E-state index contributed by atoms with van der Waals surface area (Å²) in [6.07, 6.45) is 3.07. The fraction of sp³-hybridized carbons (Fsp3) is 0.417. The number of rotatable bonds is 5. The van der Waals surface area contributed by atoms with Gasteiger partial charge in [0.25, 0.3) is 0 Å². The number of nitrogens with one attached hydrogen (secondary N) is 1. The van der Waals surface area contributed by atoms with Crippen LogP contribution in [0.15, 0.2) is 12.3 Å². The number of H-pyrrole nitrogens is 1. The monoisotopic (exact) mass is 249 g/mol. The molecule has 0 aliphatic heterocycles. The van der Waals surface area contributed by atoms with E-state index in [1.54, 1.807) is 13.2 Å². The topological polar surface area (TPSA) is 88.1 Å². The van der Waals surface area contributed by atoms with Crippen molar-refractivity contribution in [3.63, 3.8) is 0 Å². The standard InChI is InChI=1S/C12H15N3O3/c1-7(18-2)3-4-10-14-9-5-8(12(16)17)6-13-11(9)15-10/h5-7H,3-4H2,1-2H3,(H,16,17)(H,13,14,15). The largest absolute Gasteiger partial charge is 0.478 e. The maximum absolute atomic E-state index is 10.8. The SMILES string of the molecule is COC(C)CCc1nc2ncc(C(=O)O)cc2[nH]1. The predicted octanol–water partition coefficient (Wildman–Crippen LogP) is 1.62. The lowest BCUT2D eigenvalue weighted by Crippen LogP contribution is -2.06. The number of aromatic amines is 1. The number of carboxylic acid groups (broad SMARTS) is 1. The molecule has 2 aromatic heterocycles. The van der Waals surface area contributed by atoms with Crippen LogP contribution in [-0.4, -0.2) is 39.2 Å². The van der Waals surface area contributed by atoms with Gasteiger partial charge in [-0.1, -0.05) is 0 Å². The Morgan fingerprint density at radius 2 is 2.39 bits per heavy atom. The van der Waals surface area contributed by atoms with Gasteiger partial charge in [-0.2, -0.15) is 0 Å². The average molecular weight is 249 g/mol. The fourth-order valence-corrected chi connectivity index (χ4v) is 1.64. The quantitative estimate of drug-likeness (QED) is 0.840. The molecule has 0 saturated carbocycles. The minimum absolute atomic E-state index is 0.156. The molecule has 0 amide bonds. The molecular weight excluding hydrogens is 234 g/mol. The highest BCUT2D eigenvalue weighted by molar-refractivity contribution is 5.90. The van der Waals surface area contributed by atoms with Crippen LogP contribution in [0, 0.1) is 0 Å². The number of hydrogen-bond acceptors (Lipinski definition) is 4. The number of imidazole rings is 1. The number of aromatic nitrogens is 3.